The van der Waals surface area contributed by atoms with Crippen molar-refractivity contribution < 1.29 is 13.9 Å². The molecule has 0 aliphatic heterocycles. The average Bonchev–Trinajstić information content (AvgIpc) is 2.32. The predicted octanol–water partition coefficient (Wildman–Crippen LogP) is 2.00. The summed E-state index contributed by atoms with van der Waals surface area (Å²) in [4.78, 5) is 0. The van der Waals surface area contributed by atoms with E-state index in [1.165, 1.54) is 6.07 Å². The molecule has 1 aromatic carbocycles. The van der Waals surface area contributed by atoms with Crippen molar-refractivity contribution in [1.82, 2.24) is 5.32 Å². The third-order valence-electron chi connectivity index (χ3n) is 2.27. The maximum absolute atomic E-state index is 12.9. The van der Waals surface area contributed by atoms with E-state index in [2.05, 4.69) is 17.2 Å². The fourth-order valence-corrected chi connectivity index (χ4v) is 1.35. The zero-order valence-electron chi connectivity index (χ0n) is 9.63. The fraction of sp³-hybridized carbons (Fsp3) is 0.385. The van der Waals surface area contributed by atoms with Crippen LogP contribution in [0, 0.1) is 23.5 Å². The Morgan fingerprint density at radius 1 is 1.35 bits per heavy atom. The zero-order chi connectivity index (χ0) is 12.7. The van der Waals surface area contributed by atoms with Gasteiger partial charge in [0.2, 0.25) is 0 Å². The van der Waals surface area contributed by atoms with Crippen LogP contribution in [-0.2, 0) is 0 Å². The van der Waals surface area contributed by atoms with E-state index in [0.717, 1.165) is 12.1 Å². The third-order valence-corrected chi connectivity index (χ3v) is 2.27. The Kier molecular flexibility index (Phi) is 5.61. The van der Waals surface area contributed by atoms with Gasteiger partial charge in [-0.2, -0.15) is 0 Å². The van der Waals surface area contributed by atoms with Crippen LogP contribution in [-0.4, -0.2) is 18.2 Å². The van der Waals surface area contributed by atoms with Crippen molar-refractivity contribution in [3.63, 3.8) is 0 Å². The van der Waals surface area contributed by atoms with Crippen molar-refractivity contribution in [3.8, 4) is 11.8 Å². The van der Waals surface area contributed by atoms with Crippen LogP contribution in [0.4, 0.5) is 8.78 Å². The first-order chi connectivity index (χ1) is 8.15. The molecule has 0 fully saturated rings. The second kappa shape index (κ2) is 7.00. The highest BCUT2D eigenvalue weighted by molar-refractivity contribution is 5.20. The largest absolute Gasteiger partial charge is 0.387 e. The second-order valence-corrected chi connectivity index (χ2v) is 3.57. The molecule has 0 aliphatic carbocycles. The number of aliphatic hydroxyl groups is 1. The molecule has 2 N–H and O–H groups in total. The van der Waals surface area contributed by atoms with E-state index in [9.17, 15) is 13.9 Å². The summed E-state index contributed by atoms with van der Waals surface area (Å²) in [5, 5.41) is 12.7. The van der Waals surface area contributed by atoms with Crippen LogP contribution in [0.1, 0.15) is 25.0 Å². The van der Waals surface area contributed by atoms with Crippen LogP contribution in [0.5, 0.6) is 0 Å². The monoisotopic (exact) mass is 239 g/mol. The summed E-state index contributed by atoms with van der Waals surface area (Å²) < 4.78 is 25.6. The van der Waals surface area contributed by atoms with Crippen molar-refractivity contribution in [3.05, 3.63) is 35.4 Å². The summed E-state index contributed by atoms with van der Waals surface area (Å²) in [5.74, 6) is 3.78. The first kappa shape index (κ1) is 13.6. The normalized spacial score (nSPS) is 11.8. The Morgan fingerprint density at radius 3 is 2.76 bits per heavy atom. The van der Waals surface area contributed by atoms with E-state index in [1.54, 1.807) is 6.92 Å². The topological polar surface area (TPSA) is 32.3 Å². The SMILES string of the molecule is CC#CCCNCC(O)c1ccc(F)c(F)c1. The van der Waals surface area contributed by atoms with Crippen LogP contribution in [0.3, 0.4) is 0 Å². The van der Waals surface area contributed by atoms with Gasteiger partial charge < -0.3 is 10.4 Å². The molecule has 0 amide bonds. The molecular weight excluding hydrogens is 224 g/mol. The number of hydrogen-bond donors (Lipinski definition) is 2. The lowest BCUT2D eigenvalue weighted by atomic mass is 10.1. The van der Waals surface area contributed by atoms with Crippen LogP contribution < -0.4 is 5.32 Å². The van der Waals surface area contributed by atoms with Gasteiger partial charge >= 0.3 is 0 Å². The molecule has 1 aromatic rings. The summed E-state index contributed by atoms with van der Waals surface area (Å²) in [6.07, 6.45) is -0.152. The number of halogens is 2. The smallest absolute Gasteiger partial charge is 0.159 e. The third kappa shape index (κ3) is 4.51. The van der Waals surface area contributed by atoms with Gasteiger partial charge in [0.1, 0.15) is 0 Å². The van der Waals surface area contributed by atoms with Gasteiger partial charge in [-0.05, 0) is 24.6 Å². The van der Waals surface area contributed by atoms with E-state index in [-0.39, 0.29) is 6.54 Å². The molecule has 1 atom stereocenters. The van der Waals surface area contributed by atoms with Crippen molar-refractivity contribution >= 4 is 0 Å². The number of nitrogens with one attached hydrogen (secondary N) is 1. The lowest BCUT2D eigenvalue weighted by molar-refractivity contribution is 0.174. The molecule has 1 rings (SSSR count). The van der Waals surface area contributed by atoms with Gasteiger partial charge in [0.15, 0.2) is 11.6 Å². The minimum Gasteiger partial charge on any atom is -0.387 e. The highest BCUT2D eigenvalue weighted by Crippen LogP contribution is 2.15. The van der Waals surface area contributed by atoms with Crippen molar-refractivity contribution in [2.75, 3.05) is 13.1 Å². The van der Waals surface area contributed by atoms with E-state index in [0.29, 0.717) is 18.5 Å². The maximum Gasteiger partial charge on any atom is 0.159 e. The Bertz CT molecular complexity index is 423. The summed E-state index contributed by atoms with van der Waals surface area (Å²) in [6, 6.07) is 3.39. The Morgan fingerprint density at radius 2 is 2.12 bits per heavy atom. The fourth-order valence-electron chi connectivity index (χ4n) is 1.35. The molecule has 0 radical (unpaired) electrons. The van der Waals surface area contributed by atoms with Gasteiger partial charge in [-0.1, -0.05) is 6.07 Å². The minimum absolute atomic E-state index is 0.288. The standard InChI is InChI=1S/C13H15F2NO/c1-2-3-4-7-16-9-13(17)10-5-6-11(14)12(15)8-10/h5-6,8,13,16-17H,4,7,9H2,1H3. The maximum atomic E-state index is 12.9. The average molecular weight is 239 g/mol. The Hall–Kier alpha value is -1.44. The molecule has 92 valence electrons. The number of rotatable bonds is 5. The summed E-state index contributed by atoms with van der Waals surface area (Å²) in [6.45, 7) is 2.70. The summed E-state index contributed by atoms with van der Waals surface area (Å²) in [7, 11) is 0. The first-order valence-electron chi connectivity index (χ1n) is 5.38. The quantitative estimate of drug-likeness (QED) is 0.608. The molecule has 4 heteroatoms. The number of benzene rings is 1. The van der Waals surface area contributed by atoms with E-state index in [1.807, 2.05) is 0 Å². The highest BCUT2D eigenvalue weighted by atomic mass is 19.2. The Labute approximate surface area is 99.7 Å². The van der Waals surface area contributed by atoms with E-state index in [4.69, 9.17) is 0 Å². The molecule has 0 spiro atoms. The van der Waals surface area contributed by atoms with Crippen LogP contribution in [0.15, 0.2) is 18.2 Å². The molecule has 0 aromatic heterocycles. The molecule has 2 nitrogen and oxygen atoms in total. The van der Waals surface area contributed by atoms with Crippen molar-refractivity contribution in [2.45, 2.75) is 19.4 Å². The van der Waals surface area contributed by atoms with Crippen molar-refractivity contribution in [2.24, 2.45) is 0 Å². The molecule has 0 bridgehead atoms. The highest BCUT2D eigenvalue weighted by Gasteiger charge is 2.10. The minimum atomic E-state index is -0.946. The van der Waals surface area contributed by atoms with Gasteiger partial charge in [-0.25, -0.2) is 8.78 Å². The number of aliphatic hydroxyl groups excluding tert-OH is 1. The molecule has 0 aliphatic rings. The van der Waals surface area contributed by atoms with Gasteiger partial charge in [-0.3, -0.25) is 0 Å². The molecular formula is C13H15F2NO. The molecule has 0 saturated heterocycles. The number of hydrogen-bond acceptors (Lipinski definition) is 2. The molecule has 1 unspecified atom stereocenters. The van der Waals surface area contributed by atoms with Gasteiger partial charge in [0.05, 0.1) is 6.10 Å². The molecule has 0 saturated carbocycles. The lowest BCUT2D eigenvalue weighted by Crippen LogP contribution is -2.22. The van der Waals surface area contributed by atoms with Crippen LogP contribution >= 0.6 is 0 Å². The van der Waals surface area contributed by atoms with Gasteiger partial charge in [-0.15, -0.1) is 11.8 Å². The van der Waals surface area contributed by atoms with Crippen LogP contribution in [0.2, 0.25) is 0 Å². The zero-order valence-corrected chi connectivity index (χ0v) is 9.63. The molecule has 0 heterocycles. The van der Waals surface area contributed by atoms with Gasteiger partial charge in [0.25, 0.3) is 0 Å². The van der Waals surface area contributed by atoms with E-state index >= 15 is 0 Å². The summed E-state index contributed by atoms with van der Waals surface area (Å²) in [5.41, 5.74) is 0.359. The summed E-state index contributed by atoms with van der Waals surface area (Å²) >= 11 is 0. The van der Waals surface area contributed by atoms with E-state index < -0.39 is 17.7 Å². The predicted molar refractivity (Wildman–Crippen MR) is 62.3 cm³/mol. The van der Waals surface area contributed by atoms with Crippen molar-refractivity contribution in [1.29, 1.82) is 0 Å². The van der Waals surface area contributed by atoms with Crippen LogP contribution in [0.25, 0.3) is 0 Å². The first-order valence-corrected chi connectivity index (χ1v) is 5.38. The second-order valence-electron chi connectivity index (χ2n) is 3.57. The lowest BCUT2D eigenvalue weighted by Gasteiger charge is -2.11. The van der Waals surface area contributed by atoms with Gasteiger partial charge in [0, 0.05) is 19.5 Å². The molecule has 17 heavy (non-hydrogen) atoms. The Balaban J connectivity index is 2.43.